The summed E-state index contributed by atoms with van der Waals surface area (Å²) >= 11 is 0. The van der Waals surface area contributed by atoms with Gasteiger partial charge in [-0.05, 0) is 245 Å². The summed E-state index contributed by atoms with van der Waals surface area (Å²) < 4.78 is 174. The van der Waals surface area contributed by atoms with E-state index in [2.05, 4.69) is 58.9 Å². The van der Waals surface area contributed by atoms with Crippen molar-refractivity contribution in [2.24, 2.45) is 17.8 Å². The third-order valence-corrected chi connectivity index (χ3v) is 14.7. The molecule has 1 aliphatic heterocycles. The van der Waals surface area contributed by atoms with E-state index in [1.54, 1.807) is 52.0 Å². The molecule has 0 spiro atoms. The van der Waals surface area contributed by atoms with Crippen LogP contribution in [-0.4, -0.2) is 19.5 Å². The van der Waals surface area contributed by atoms with Gasteiger partial charge in [-0.3, -0.25) is 0 Å². The largest absolute Gasteiger partial charge is 0.353 e. The lowest BCUT2D eigenvalue weighted by Crippen LogP contribution is -2.27. The summed E-state index contributed by atoms with van der Waals surface area (Å²) in [5, 5.41) is 0. The Labute approximate surface area is 545 Å². The maximum atomic E-state index is 12.6. The molecule has 0 N–H and O–H groups in total. The van der Waals surface area contributed by atoms with Gasteiger partial charge in [0.1, 0.15) is 52.4 Å². The molecule has 15 heteroatoms. The molecule has 93 heavy (non-hydrogen) atoms. The van der Waals surface area contributed by atoms with E-state index in [1.807, 2.05) is 32.9 Å². The predicted molar refractivity (Wildman–Crippen MR) is 354 cm³/mol. The first-order valence-electron chi connectivity index (χ1n) is 30.8. The molecule has 510 valence electrons. The first-order valence-corrected chi connectivity index (χ1v) is 30.8. The standard InChI is InChI=1S/C8H7F3.4C8H8F2.2C8H9F.C8H16.C8H10.C6H12O2/c1-4-3-6(9)5(2)8(11)7(4)10;1-5-3-8(10)6(2)4-7(5)9;2*1-5-3-7(9)6(2)8(10)4-5;1-5-3-4-6(2)8(10)7(5)9;2*1-6-3-4-7(2)8(9)5-6;2*1-7-3-5-8(2)6-4-7;1-5-3-7-6(2)8-4-5/h3H,1-2H3;4*3-4H,1-2H3;2*3-5H,1-2H3;7-8H,3-6H2,1-2H3;3-6H,1-2H3;5-6H,3-4H2,1-2H3. The van der Waals surface area contributed by atoms with Crippen molar-refractivity contribution in [2.75, 3.05) is 13.2 Å². The minimum atomic E-state index is -1.09. The lowest BCUT2D eigenvalue weighted by Gasteiger charge is -2.24. The van der Waals surface area contributed by atoms with Gasteiger partial charge in [-0.2, -0.15) is 0 Å². The van der Waals surface area contributed by atoms with E-state index in [0.717, 1.165) is 42.2 Å². The molecule has 0 bridgehead atoms. The normalized spacial score (nSPS) is 15.0. The summed E-state index contributed by atoms with van der Waals surface area (Å²) in [6, 6.07) is 30.7. The molecular formula is C78H95F13O2. The summed E-state index contributed by atoms with van der Waals surface area (Å²) in [4.78, 5) is 0. The van der Waals surface area contributed by atoms with Crippen molar-refractivity contribution < 1.29 is 66.5 Å². The Balaban J connectivity index is 0.000000517. The lowest BCUT2D eigenvalue weighted by molar-refractivity contribution is -0.187. The van der Waals surface area contributed by atoms with Crippen molar-refractivity contribution in [3.05, 3.63) is 280 Å². The molecule has 8 aromatic carbocycles. The highest BCUT2D eigenvalue weighted by atomic mass is 19.2. The van der Waals surface area contributed by atoms with Crippen LogP contribution in [-0.2, 0) is 9.47 Å². The van der Waals surface area contributed by atoms with E-state index in [0.29, 0.717) is 50.4 Å². The van der Waals surface area contributed by atoms with E-state index in [9.17, 15) is 57.1 Å². The molecule has 1 saturated carbocycles. The summed E-state index contributed by atoms with van der Waals surface area (Å²) in [6.07, 6.45) is 5.91. The van der Waals surface area contributed by atoms with Crippen molar-refractivity contribution in [3.63, 3.8) is 0 Å². The van der Waals surface area contributed by atoms with Gasteiger partial charge in [-0.15, -0.1) is 0 Å². The molecule has 0 unspecified atom stereocenters. The van der Waals surface area contributed by atoms with Gasteiger partial charge in [0.15, 0.2) is 29.6 Å². The molecule has 0 aromatic heterocycles. The molecule has 1 saturated heterocycles. The number of halogens is 13. The molecule has 2 aliphatic rings. The van der Waals surface area contributed by atoms with Crippen LogP contribution in [0.3, 0.4) is 0 Å². The molecule has 0 amide bonds. The number of hydrogen-bond donors (Lipinski definition) is 0. The summed E-state index contributed by atoms with van der Waals surface area (Å²) in [5.74, 6) is -4.45. The summed E-state index contributed by atoms with van der Waals surface area (Å²) in [6.45, 7) is 36.8. The smallest absolute Gasteiger partial charge is 0.164 e. The molecule has 0 radical (unpaired) electrons. The maximum Gasteiger partial charge on any atom is 0.164 e. The Kier molecular flexibility index (Phi) is 38.0. The van der Waals surface area contributed by atoms with Gasteiger partial charge in [-0.1, -0.05) is 118 Å². The van der Waals surface area contributed by atoms with Crippen LogP contribution in [0.1, 0.15) is 142 Å². The van der Waals surface area contributed by atoms with Crippen LogP contribution in [0, 0.1) is 204 Å². The Morgan fingerprint density at radius 3 is 0.774 bits per heavy atom. The number of hydrogen-bond acceptors (Lipinski definition) is 2. The monoisotopic (exact) mass is 1310 g/mol. The van der Waals surface area contributed by atoms with Gasteiger partial charge in [-0.25, -0.2) is 57.1 Å². The van der Waals surface area contributed by atoms with Gasteiger partial charge in [0.2, 0.25) is 0 Å². The van der Waals surface area contributed by atoms with Crippen LogP contribution < -0.4 is 0 Å². The Hall–Kier alpha value is -7.23. The van der Waals surface area contributed by atoms with Crippen LogP contribution in [0.25, 0.3) is 0 Å². The van der Waals surface area contributed by atoms with Crippen molar-refractivity contribution in [2.45, 2.75) is 170 Å². The highest BCUT2D eigenvalue weighted by Gasteiger charge is 2.15. The fourth-order valence-electron chi connectivity index (χ4n) is 7.99. The maximum absolute atomic E-state index is 12.6. The topological polar surface area (TPSA) is 18.5 Å². The van der Waals surface area contributed by atoms with Crippen LogP contribution in [0.5, 0.6) is 0 Å². The zero-order chi connectivity index (χ0) is 71.1. The number of rotatable bonds is 0. The Bertz CT molecular complexity index is 3230. The third-order valence-electron chi connectivity index (χ3n) is 14.7. The highest BCUT2D eigenvalue weighted by molar-refractivity contribution is 5.29. The van der Waals surface area contributed by atoms with Crippen LogP contribution in [0.4, 0.5) is 57.1 Å². The second-order valence-corrected chi connectivity index (χ2v) is 24.2. The first-order chi connectivity index (χ1) is 43.2. The summed E-state index contributed by atoms with van der Waals surface area (Å²) in [7, 11) is 0. The molecule has 10 rings (SSSR count). The summed E-state index contributed by atoms with van der Waals surface area (Å²) in [5.41, 5.74) is 8.54. The van der Waals surface area contributed by atoms with E-state index in [4.69, 9.17) is 9.47 Å². The zero-order valence-corrected chi connectivity index (χ0v) is 57.8. The molecule has 0 atom stereocenters. The van der Waals surface area contributed by atoms with Crippen molar-refractivity contribution in [3.8, 4) is 0 Å². The molecular weight excluding hydrogens is 1220 g/mol. The van der Waals surface area contributed by atoms with Crippen molar-refractivity contribution in [1.82, 2.24) is 0 Å². The second-order valence-electron chi connectivity index (χ2n) is 24.2. The minimum Gasteiger partial charge on any atom is -0.353 e. The van der Waals surface area contributed by atoms with E-state index in [1.165, 1.54) is 141 Å². The second kappa shape index (κ2) is 42.2. The number of benzene rings is 8. The van der Waals surface area contributed by atoms with Gasteiger partial charge in [0.05, 0.1) is 13.2 Å². The third kappa shape index (κ3) is 32.5. The van der Waals surface area contributed by atoms with Gasteiger partial charge >= 0.3 is 0 Å². The van der Waals surface area contributed by atoms with Gasteiger partial charge < -0.3 is 9.47 Å². The van der Waals surface area contributed by atoms with Crippen molar-refractivity contribution in [1.29, 1.82) is 0 Å². The van der Waals surface area contributed by atoms with Gasteiger partial charge in [0, 0.05) is 22.6 Å². The van der Waals surface area contributed by atoms with Crippen molar-refractivity contribution >= 4 is 0 Å². The van der Waals surface area contributed by atoms with E-state index >= 15 is 0 Å². The average molecular weight is 1310 g/mol. The Morgan fingerprint density at radius 2 is 0.484 bits per heavy atom. The fourth-order valence-corrected chi connectivity index (χ4v) is 7.99. The predicted octanol–water partition coefficient (Wildman–Crippen LogP) is 24.1. The first kappa shape index (κ1) is 83.8. The minimum absolute atomic E-state index is 0.00870. The van der Waals surface area contributed by atoms with Crippen LogP contribution >= 0.6 is 0 Å². The van der Waals surface area contributed by atoms with E-state index in [-0.39, 0.29) is 51.8 Å². The quantitative estimate of drug-likeness (QED) is 0.111. The fraction of sp³-hybridized carbons (Fsp3) is 0.385. The van der Waals surface area contributed by atoms with E-state index < -0.39 is 52.4 Å². The molecule has 1 heterocycles. The SMILES string of the molecule is CC1CCC(C)CC1.CC1COC(C)OC1.Cc1cc(F)c(C)c(F)c1.Cc1cc(F)c(C)c(F)c1.Cc1cc(F)c(C)c(F)c1F.Cc1cc(F)c(C)cc1F.Cc1ccc(C)c(F)c1.Cc1ccc(C)c(F)c1.Cc1ccc(C)c(F)c1F.Cc1ccc(C)cc1. The van der Waals surface area contributed by atoms with Crippen LogP contribution in [0.2, 0.25) is 0 Å². The average Bonchev–Trinajstić information content (AvgIpc) is 1.33. The zero-order valence-electron chi connectivity index (χ0n) is 57.8. The van der Waals surface area contributed by atoms with Gasteiger partial charge in [0.25, 0.3) is 0 Å². The van der Waals surface area contributed by atoms with Crippen LogP contribution in [0.15, 0.2) is 115 Å². The lowest BCUT2D eigenvalue weighted by atomic mass is 9.84. The molecule has 2 fully saturated rings. The Morgan fingerprint density at radius 1 is 0.237 bits per heavy atom. The molecule has 1 aliphatic carbocycles. The highest BCUT2D eigenvalue weighted by Crippen LogP contribution is 2.27. The molecule has 2 nitrogen and oxygen atoms in total. The number of ether oxygens (including phenoxy) is 2. The molecule has 8 aromatic rings. The number of aryl methyl sites for hydroxylation is 13.